The lowest BCUT2D eigenvalue weighted by molar-refractivity contribution is 0.0796. The van der Waals surface area contributed by atoms with Crippen LogP contribution in [0.15, 0.2) is 63.0 Å². The number of carbonyl (C=O) groups is 1. The molecule has 0 atom stereocenters. The zero-order valence-electron chi connectivity index (χ0n) is 23.4. The standard InChI is InChI=1S/C29H36N4O5S/c1-20-15-25(37-6)16-21(2)27(20)39(35,36)33(5)18-26-17-24(19-38-26)29(34)32(4)13-11-22-7-9-23(10-8-22)28-30-12-14-31(28)3/h7-10,15-17,19H,11-14,18H2,1-6H3. The molecule has 208 valence electrons. The molecule has 0 saturated heterocycles. The van der Waals surface area contributed by atoms with Crippen molar-refractivity contribution in [3.63, 3.8) is 0 Å². The Bertz CT molecular complexity index is 1450. The van der Waals surface area contributed by atoms with E-state index in [4.69, 9.17) is 9.15 Å². The van der Waals surface area contributed by atoms with Crippen LogP contribution in [0.25, 0.3) is 0 Å². The van der Waals surface area contributed by atoms with E-state index < -0.39 is 10.0 Å². The molecular formula is C29H36N4O5S. The average Bonchev–Trinajstić information content (AvgIpc) is 3.55. The number of amidine groups is 1. The van der Waals surface area contributed by atoms with Crippen LogP contribution in [0.1, 0.15) is 38.4 Å². The van der Waals surface area contributed by atoms with E-state index in [-0.39, 0.29) is 17.3 Å². The van der Waals surface area contributed by atoms with Gasteiger partial charge in [-0.05, 0) is 55.2 Å². The second kappa shape index (κ2) is 11.6. The summed E-state index contributed by atoms with van der Waals surface area (Å²) in [6.45, 7) is 5.78. The molecule has 1 aliphatic rings. The number of methoxy groups -OCH3 is 1. The molecule has 10 heteroatoms. The molecule has 1 aromatic heterocycles. The molecule has 1 amide bonds. The van der Waals surface area contributed by atoms with Crippen molar-refractivity contribution < 1.29 is 22.4 Å². The predicted molar refractivity (Wildman–Crippen MR) is 151 cm³/mol. The molecule has 0 aliphatic carbocycles. The van der Waals surface area contributed by atoms with Crippen LogP contribution >= 0.6 is 0 Å². The zero-order valence-corrected chi connectivity index (χ0v) is 24.2. The maximum atomic E-state index is 13.3. The lowest BCUT2D eigenvalue weighted by atomic mass is 10.1. The monoisotopic (exact) mass is 552 g/mol. The van der Waals surface area contributed by atoms with Crippen molar-refractivity contribution in [3.05, 3.63) is 82.3 Å². The summed E-state index contributed by atoms with van der Waals surface area (Å²) in [5, 5.41) is 0. The Balaban J connectivity index is 1.36. The molecule has 0 radical (unpaired) electrons. The van der Waals surface area contributed by atoms with Crippen molar-refractivity contribution in [3.8, 4) is 5.75 Å². The molecule has 0 N–H and O–H groups in total. The molecule has 2 aromatic carbocycles. The first-order valence-corrected chi connectivity index (χ1v) is 14.2. The molecule has 3 aromatic rings. The van der Waals surface area contributed by atoms with Crippen molar-refractivity contribution >= 4 is 21.8 Å². The van der Waals surface area contributed by atoms with E-state index >= 15 is 0 Å². The van der Waals surface area contributed by atoms with Crippen molar-refractivity contribution in [2.24, 2.45) is 4.99 Å². The Kier molecular flexibility index (Phi) is 8.46. The van der Waals surface area contributed by atoms with Crippen molar-refractivity contribution in [1.29, 1.82) is 0 Å². The Morgan fingerprint density at radius 1 is 1.10 bits per heavy atom. The second-order valence-electron chi connectivity index (χ2n) is 9.95. The third kappa shape index (κ3) is 6.17. The highest BCUT2D eigenvalue weighted by Crippen LogP contribution is 2.28. The normalized spacial score (nSPS) is 13.6. The lowest BCUT2D eigenvalue weighted by Gasteiger charge is -2.20. The van der Waals surface area contributed by atoms with Gasteiger partial charge >= 0.3 is 0 Å². The van der Waals surface area contributed by atoms with E-state index in [9.17, 15) is 13.2 Å². The summed E-state index contributed by atoms with van der Waals surface area (Å²) in [4.78, 5) is 21.6. The third-order valence-electron chi connectivity index (χ3n) is 6.97. The Hall–Kier alpha value is -3.63. The maximum absolute atomic E-state index is 13.3. The van der Waals surface area contributed by atoms with Crippen LogP contribution in [0.2, 0.25) is 0 Å². The van der Waals surface area contributed by atoms with Crippen molar-refractivity contribution in [1.82, 2.24) is 14.1 Å². The van der Waals surface area contributed by atoms with E-state index in [1.807, 2.05) is 7.05 Å². The second-order valence-corrected chi connectivity index (χ2v) is 11.9. The fraction of sp³-hybridized carbons (Fsp3) is 0.379. The molecule has 2 heterocycles. The number of sulfonamides is 1. The molecule has 0 bridgehead atoms. The fourth-order valence-electron chi connectivity index (χ4n) is 4.75. The first-order chi connectivity index (χ1) is 18.5. The summed E-state index contributed by atoms with van der Waals surface area (Å²) in [6.07, 6.45) is 2.09. The zero-order chi connectivity index (χ0) is 28.3. The summed E-state index contributed by atoms with van der Waals surface area (Å²) >= 11 is 0. The third-order valence-corrected chi connectivity index (χ3v) is 9.08. The summed E-state index contributed by atoms with van der Waals surface area (Å²) < 4.78 is 38.7. The Labute approximate surface area is 230 Å². The van der Waals surface area contributed by atoms with Crippen LogP contribution in [0.3, 0.4) is 0 Å². The number of ether oxygens (including phenoxy) is 1. The predicted octanol–water partition coefficient (Wildman–Crippen LogP) is 3.73. The maximum Gasteiger partial charge on any atom is 0.256 e. The molecule has 4 rings (SSSR count). The van der Waals surface area contributed by atoms with E-state index in [1.165, 1.54) is 17.6 Å². The molecule has 9 nitrogen and oxygen atoms in total. The van der Waals surface area contributed by atoms with Gasteiger partial charge in [0, 0.05) is 39.8 Å². The number of amides is 1. The van der Waals surface area contributed by atoms with Gasteiger partial charge in [0.25, 0.3) is 5.91 Å². The van der Waals surface area contributed by atoms with Gasteiger partial charge in [-0.2, -0.15) is 4.31 Å². The van der Waals surface area contributed by atoms with Gasteiger partial charge in [-0.3, -0.25) is 9.79 Å². The van der Waals surface area contributed by atoms with Crippen LogP contribution in [-0.2, 0) is 23.0 Å². The summed E-state index contributed by atoms with van der Waals surface area (Å²) in [5.74, 6) is 1.82. The first-order valence-electron chi connectivity index (χ1n) is 12.8. The fourth-order valence-corrected chi connectivity index (χ4v) is 6.30. The number of likely N-dealkylation sites (N-methyl/N-ethyl adjacent to an activating group) is 2. The number of carbonyl (C=O) groups excluding carboxylic acids is 1. The van der Waals surface area contributed by atoms with Crippen LogP contribution in [0, 0.1) is 13.8 Å². The molecule has 39 heavy (non-hydrogen) atoms. The number of nitrogens with zero attached hydrogens (tertiary/aromatic N) is 4. The largest absolute Gasteiger partial charge is 0.497 e. The molecular weight excluding hydrogens is 516 g/mol. The number of aliphatic imine (C=N–C) groups is 1. The molecule has 0 fully saturated rings. The van der Waals surface area contributed by atoms with Gasteiger partial charge < -0.3 is 19.0 Å². The van der Waals surface area contributed by atoms with Gasteiger partial charge in [0.05, 0.1) is 30.7 Å². The molecule has 1 aliphatic heterocycles. The smallest absolute Gasteiger partial charge is 0.256 e. The van der Waals surface area contributed by atoms with Crippen LogP contribution < -0.4 is 4.74 Å². The van der Waals surface area contributed by atoms with Crippen molar-refractivity contribution in [2.75, 3.05) is 47.9 Å². The van der Waals surface area contributed by atoms with E-state index in [2.05, 4.69) is 34.2 Å². The van der Waals surface area contributed by atoms with Crippen LogP contribution in [0.5, 0.6) is 5.75 Å². The summed E-state index contributed by atoms with van der Waals surface area (Å²) in [7, 11) is 3.04. The SMILES string of the molecule is COc1cc(C)c(S(=O)(=O)N(C)Cc2cc(C(=O)N(C)CCc3ccc(C4=NCCN4C)cc3)co2)c(C)c1. The highest BCUT2D eigenvalue weighted by atomic mass is 32.2. The minimum atomic E-state index is -3.79. The lowest BCUT2D eigenvalue weighted by Crippen LogP contribution is -2.29. The van der Waals surface area contributed by atoms with Crippen LogP contribution in [-0.4, -0.2) is 82.2 Å². The van der Waals surface area contributed by atoms with E-state index in [0.717, 1.165) is 30.1 Å². The number of benzene rings is 2. The Morgan fingerprint density at radius 3 is 2.36 bits per heavy atom. The topological polar surface area (TPSA) is 95.7 Å². The van der Waals surface area contributed by atoms with Gasteiger partial charge in [0.15, 0.2) is 0 Å². The minimum Gasteiger partial charge on any atom is -0.497 e. The van der Waals surface area contributed by atoms with Gasteiger partial charge in [0.2, 0.25) is 10.0 Å². The summed E-state index contributed by atoms with van der Waals surface area (Å²) in [5.41, 5.74) is 3.81. The average molecular weight is 553 g/mol. The highest BCUT2D eigenvalue weighted by Gasteiger charge is 2.27. The Morgan fingerprint density at radius 2 is 1.77 bits per heavy atom. The van der Waals surface area contributed by atoms with E-state index in [1.54, 1.807) is 51.1 Å². The summed E-state index contributed by atoms with van der Waals surface area (Å²) in [6, 6.07) is 13.3. The number of hydrogen-bond donors (Lipinski definition) is 0. The van der Waals surface area contributed by atoms with Gasteiger partial charge in [-0.15, -0.1) is 0 Å². The number of hydrogen-bond acceptors (Lipinski definition) is 7. The van der Waals surface area contributed by atoms with Gasteiger partial charge in [0.1, 0.15) is 23.6 Å². The highest BCUT2D eigenvalue weighted by molar-refractivity contribution is 7.89. The number of rotatable bonds is 10. The van der Waals surface area contributed by atoms with Crippen molar-refractivity contribution in [2.45, 2.75) is 31.7 Å². The van der Waals surface area contributed by atoms with Gasteiger partial charge in [-0.1, -0.05) is 24.3 Å². The number of furan rings is 1. The molecule has 0 saturated carbocycles. The molecule has 0 unspecified atom stereocenters. The van der Waals surface area contributed by atoms with Gasteiger partial charge in [-0.25, -0.2) is 8.42 Å². The first kappa shape index (κ1) is 28.4. The van der Waals surface area contributed by atoms with Crippen LogP contribution in [0.4, 0.5) is 0 Å². The van der Waals surface area contributed by atoms with E-state index in [0.29, 0.717) is 41.2 Å². The quantitative estimate of drug-likeness (QED) is 0.380. The molecule has 0 spiro atoms. The number of aryl methyl sites for hydroxylation is 2. The minimum absolute atomic E-state index is 0.00291.